The lowest BCUT2D eigenvalue weighted by Gasteiger charge is -2.45. The molecule has 1 amide bonds. The first-order chi connectivity index (χ1) is 15.3. The van der Waals surface area contributed by atoms with Gasteiger partial charge in [0.05, 0.1) is 16.1 Å². The number of hydrogen-bond acceptors (Lipinski definition) is 6. The van der Waals surface area contributed by atoms with E-state index < -0.39 is 23.5 Å². The molecule has 2 aliphatic rings. The van der Waals surface area contributed by atoms with Crippen LogP contribution in [0.3, 0.4) is 0 Å². The normalized spacial score (nSPS) is 22.8. The number of aliphatic carboxylic acids is 1. The van der Waals surface area contributed by atoms with Gasteiger partial charge < -0.3 is 10.0 Å². The number of aryl methyl sites for hydroxylation is 1. The van der Waals surface area contributed by atoms with E-state index in [2.05, 4.69) is 15.2 Å². The fraction of sp³-hybridized carbons (Fsp3) is 0.579. The Balaban J connectivity index is 0.000000383. The van der Waals surface area contributed by atoms with Crippen molar-refractivity contribution in [3.63, 3.8) is 0 Å². The molecule has 8 nitrogen and oxygen atoms in total. The summed E-state index contributed by atoms with van der Waals surface area (Å²) in [4.78, 5) is 29.5. The number of thiazole rings is 1. The SMILES string of the molecule is Cc1nc(CN2CCC3(C2)CN(C(=O)c2ccn[nH]2)CCC3(F)F)cs1.O=C(O)C(F)(F)F. The van der Waals surface area contributed by atoms with Gasteiger partial charge in [0.15, 0.2) is 0 Å². The van der Waals surface area contributed by atoms with Crippen LogP contribution >= 0.6 is 11.3 Å². The summed E-state index contributed by atoms with van der Waals surface area (Å²) < 4.78 is 61.5. The Kier molecular flexibility index (Phi) is 7.07. The minimum absolute atomic E-state index is 0.0673. The number of likely N-dealkylation sites (tertiary alicyclic amines) is 2. The highest BCUT2D eigenvalue weighted by Crippen LogP contribution is 2.49. The minimum Gasteiger partial charge on any atom is -0.475 e. The van der Waals surface area contributed by atoms with Crippen LogP contribution in [0.5, 0.6) is 0 Å². The highest BCUT2D eigenvalue weighted by Gasteiger charge is 2.59. The van der Waals surface area contributed by atoms with Crippen molar-refractivity contribution in [3.05, 3.63) is 34.0 Å². The quantitative estimate of drug-likeness (QED) is 0.635. The lowest BCUT2D eigenvalue weighted by molar-refractivity contribution is -0.192. The summed E-state index contributed by atoms with van der Waals surface area (Å²) >= 11 is 1.57. The van der Waals surface area contributed by atoms with Crippen molar-refractivity contribution in [3.8, 4) is 0 Å². The minimum atomic E-state index is -5.08. The Bertz CT molecular complexity index is 981. The standard InChI is InChI=1S/C17H21F2N5OS.C2HF3O2/c1-12-21-13(9-26-12)8-23-6-3-16(10-23)11-24(7-4-17(16,18)19)15(25)14-2-5-20-22-14;3-2(4,5)1(6)7/h2,5,9H,3-4,6-8,10-11H2,1H3,(H,20,22);(H,6,7). The van der Waals surface area contributed by atoms with E-state index >= 15 is 0 Å². The Morgan fingerprint density at radius 3 is 2.48 bits per heavy atom. The van der Waals surface area contributed by atoms with E-state index in [0.29, 0.717) is 25.2 Å². The number of amides is 1. The Hall–Kier alpha value is -2.61. The molecule has 1 spiro atoms. The second-order valence-electron chi connectivity index (χ2n) is 8.05. The summed E-state index contributed by atoms with van der Waals surface area (Å²) in [5.74, 6) is -5.79. The summed E-state index contributed by atoms with van der Waals surface area (Å²) in [5, 5.41) is 16.5. The van der Waals surface area contributed by atoms with Crippen LogP contribution in [-0.2, 0) is 11.3 Å². The maximum Gasteiger partial charge on any atom is 0.490 e. The Labute approximate surface area is 189 Å². The molecular weight excluding hydrogens is 473 g/mol. The maximum atomic E-state index is 14.9. The van der Waals surface area contributed by atoms with Gasteiger partial charge in [0.2, 0.25) is 0 Å². The van der Waals surface area contributed by atoms with Crippen LogP contribution in [-0.4, -0.2) is 80.2 Å². The topological polar surface area (TPSA) is 102 Å². The molecule has 0 aromatic carbocycles. The molecule has 2 aromatic rings. The lowest BCUT2D eigenvalue weighted by atomic mass is 9.75. The molecule has 4 rings (SSSR count). The largest absolute Gasteiger partial charge is 0.490 e. The molecule has 33 heavy (non-hydrogen) atoms. The first kappa shape index (κ1) is 25.0. The maximum absolute atomic E-state index is 14.9. The number of alkyl halides is 5. The number of carboxylic acids is 1. The number of nitrogens with zero attached hydrogens (tertiary/aromatic N) is 4. The molecule has 0 bridgehead atoms. The molecule has 14 heteroatoms. The molecule has 2 fully saturated rings. The third kappa shape index (κ3) is 5.66. The number of aromatic amines is 1. The van der Waals surface area contributed by atoms with Gasteiger partial charge in [-0.25, -0.2) is 18.6 Å². The zero-order chi connectivity index (χ0) is 24.4. The molecule has 182 valence electrons. The Morgan fingerprint density at radius 2 is 1.94 bits per heavy atom. The average molecular weight is 495 g/mol. The number of rotatable bonds is 3. The third-order valence-corrected chi connectivity index (χ3v) is 6.53. The zero-order valence-electron chi connectivity index (χ0n) is 17.5. The number of aromatic nitrogens is 3. The van der Waals surface area contributed by atoms with Crippen LogP contribution < -0.4 is 0 Å². The first-order valence-corrected chi connectivity index (χ1v) is 10.8. The summed E-state index contributed by atoms with van der Waals surface area (Å²) in [7, 11) is 0. The van der Waals surface area contributed by atoms with Gasteiger partial charge in [-0.3, -0.25) is 14.8 Å². The predicted molar refractivity (Wildman–Crippen MR) is 107 cm³/mol. The van der Waals surface area contributed by atoms with E-state index in [1.54, 1.807) is 22.3 Å². The molecule has 1 unspecified atom stereocenters. The van der Waals surface area contributed by atoms with Crippen molar-refractivity contribution in [2.75, 3.05) is 26.2 Å². The first-order valence-electron chi connectivity index (χ1n) is 9.93. The molecule has 0 aliphatic carbocycles. The van der Waals surface area contributed by atoms with Crippen LogP contribution in [0, 0.1) is 12.3 Å². The van der Waals surface area contributed by atoms with Crippen molar-refractivity contribution in [2.45, 2.75) is 38.4 Å². The van der Waals surface area contributed by atoms with E-state index in [1.165, 1.54) is 6.20 Å². The van der Waals surface area contributed by atoms with Gasteiger partial charge in [0, 0.05) is 44.2 Å². The molecule has 2 saturated heterocycles. The van der Waals surface area contributed by atoms with Gasteiger partial charge in [-0.2, -0.15) is 18.3 Å². The number of carbonyl (C=O) groups excluding carboxylic acids is 1. The number of H-pyrrole nitrogens is 1. The van der Waals surface area contributed by atoms with Crippen LogP contribution in [0.4, 0.5) is 22.0 Å². The van der Waals surface area contributed by atoms with Crippen LogP contribution in [0.15, 0.2) is 17.6 Å². The van der Waals surface area contributed by atoms with Crippen molar-refractivity contribution < 1.29 is 36.6 Å². The number of carbonyl (C=O) groups is 2. The molecule has 2 aromatic heterocycles. The summed E-state index contributed by atoms with van der Waals surface area (Å²) in [6.45, 7) is 3.54. The van der Waals surface area contributed by atoms with Gasteiger partial charge in [-0.15, -0.1) is 11.3 Å². The van der Waals surface area contributed by atoms with Crippen LogP contribution in [0.2, 0.25) is 0 Å². The number of hydrogen-bond donors (Lipinski definition) is 2. The monoisotopic (exact) mass is 495 g/mol. The zero-order valence-corrected chi connectivity index (χ0v) is 18.3. The van der Waals surface area contributed by atoms with Gasteiger partial charge in [0.25, 0.3) is 11.8 Å². The highest BCUT2D eigenvalue weighted by molar-refractivity contribution is 7.09. The summed E-state index contributed by atoms with van der Waals surface area (Å²) in [5.41, 5.74) is 0.0821. The van der Waals surface area contributed by atoms with Crippen LogP contribution in [0.1, 0.15) is 34.0 Å². The molecule has 0 radical (unpaired) electrons. The van der Waals surface area contributed by atoms with Crippen molar-refractivity contribution in [1.82, 2.24) is 25.0 Å². The second-order valence-corrected chi connectivity index (χ2v) is 9.12. The molecule has 2 N–H and O–H groups in total. The van der Waals surface area contributed by atoms with E-state index in [-0.39, 0.29) is 32.0 Å². The summed E-state index contributed by atoms with van der Waals surface area (Å²) in [6.07, 6.45) is -3.50. The van der Waals surface area contributed by atoms with Crippen molar-refractivity contribution in [1.29, 1.82) is 0 Å². The number of carboxylic acid groups (broad SMARTS) is 1. The van der Waals surface area contributed by atoms with Gasteiger partial charge in [-0.1, -0.05) is 0 Å². The molecule has 0 saturated carbocycles. The molecular formula is C19H22F5N5O3S. The van der Waals surface area contributed by atoms with E-state index in [1.807, 2.05) is 17.2 Å². The fourth-order valence-corrected chi connectivity index (χ4v) is 4.65. The fourth-order valence-electron chi connectivity index (χ4n) is 4.05. The summed E-state index contributed by atoms with van der Waals surface area (Å²) in [6, 6.07) is 1.58. The van der Waals surface area contributed by atoms with Gasteiger partial charge in [-0.05, 0) is 26.0 Å². The predicted octanol–water partition coefficient (Wildman–Crippen LogP) is 3.18. The molecule has 2 aliphatic heterocycles. The van der Waals surface area contributed by atoms with E-state index in [0.717, 1.165) is 10.7 Å². The molecule has 4 heterocycles. The number of piperidine rings is 1. The molecule has 1 atom stereocenters. The third-order valence-electron chi connectivity index (χ3n) is 5.71. The number of halogens is 5. The smallest absolute Gasteiger partial charge is 0.475 e. The highest BCUT2D eigenvalue weighted by atomic mass is 32.1. The van der Waals surface area contributed by atoms with E-state index in [4.69, 9.17) is 9.90 Å². The Morgan fingerprint density at radius 1 is 1.24 bits per heavy atom. The van der Waals surface area contributed by atoms with Crippen molar-refractivity contribution >= 4 is 23.2 Å². The van der Waals surface area contributed by atoms with Crippen molar-refractivity contribution in [2.24, 2.45) is 5.41 Å². The lowest BCUT2D eigenvalue weighted by Crippen LogP contribution is -2.58. The van der Waals surface area contributed by atoms with Crippen LogP contribution in [0.25, 0.3) is 0 Å². The second kappa shape index (κ2) is 9.33. The van der Waals surface area contributed by atoms with Gasteiger partial charge >= 0.3 is 12.1 Å². The number of nitrogens with one attached hydrogen (secondary N) is 1. The van der Waals surface area contributed by atoms with Gasteiger partial charge in [0.1, 0.15) is 5.69 Å². The van der Waals surface area contributed by atoms with E-state index in [9.17, 15) is 26.7 Å². The average Bonchev–Trinajstić information content (AvgIpc) is 3.46.